The number of para-hydroxylation sites is 1. The summed E-state index contributed by atoms with van der Waals surface area (Å²) < 4.78 is 10.3. The molecule has 1 N–H and O–H groups in total. The molecule has 4 rings (SSSR count). The Morgan fingerprint density at radius 1 is 0.970 bits per heavy atom. The number of ether oxygens (including phenoxy) is 2. The average Bonchev–Trinajstić information content (AvgIpc) is 3.11. The third kappa shape index (κ3) is 4.51. The monoisotopic (exact) mass is 451 g/mol. The van der Waals surface area contributed by atoms with Gasteiger partial charge in [0.25, 0.3) is 5.91 Å². The van der Waals surface area contributed by atoms with Crippen molar-refractivity contribution in [1.29, 1.82) is 0 Å². The summed E-state index contributed by atoms with van der Waals surface area (Å²) in [5.74, 6) is -0.459. The van der Waals surface area contributed by atoms with Gasteiger partial charge in [-0.15, -0.1) is 0 Å². The Labute approximate surface area is 193 Å². The number of amides is 2. The maximum absolute atomic E-state index is 13.4. The number of hydrogen-bond donors (Lipinski definition) is 1. The summed E-state index contributed by atoms with van der Waals surface area (Å²) >= 11 is 0. The van der Waals surface area contributed by atoms with Gasteiger partial charge in [-0.05, 0) is 44.9 Å². The molecule has 1 saturated heterocycles. The molecule has 1 atom stereocenters. The fourth-order valence-electron chi connectivity index (χ4n) is 4.54. The fraction of sp³-hybridized carbons (Fsp3) is 0.400. The number of esters is 1. The van der Waals surface area contributed by atoms with Gasteiger partial charge in [0.15, 0.2) is 0 Å². The number of anilines is 1. The normalized spacial score (nSPS) is 18.1. The number of hydrogen-bond acceptors (Lipinski definition) is 6. The number of fused-ring (bicyclic) bond motifs is 1. The van der Waals surface area contributed by atoms with Gasteiger partial charge in [0.2, 0.25) is 0 Å². The smallest absolute Gasteiger partial charge is 0.409 e. The van der Waals surface area contributed by atoms with Crippen molar-refractivity contribution in [1.82, 2.24) is 9.80 Å². The number of nitrogens with zero attached hydrogens (tertiary/aromatic N) is 2. The second-order valence-electron chi connectivity index (χ2n) is 8.03. The molecule has 8 heteroatoms. The molecule has 2 aliphatic heterocycles. The van der Waals surface area contributed by atoms with Crippen molar-refractivity contribution in [2.75, 3.05) is 31.6 Å². The number of nitrogens with one attached hydrogen (secondary N) is 1. The molecule has 0 spiro atoms. The number of rotatable bonds is 6. The third-order valence-electron chi connectivity index (χ3n) is 6.10. The largest absolute Gasteiger partial charge is 0.462 e. The molecule has 2 aromatic rings. The standard InChI is InChI=1S/C25H29N3O5/c1-3-32-24(30)20-11-7-8-12-21(20)26-22-18-9-5-6-10-19(18)23(29)28(22)17-13-15-27(16-14-17)25(31)33-4-2/h5-12,17,22,26H,3-4,13-16H2,1-2H3/t22-/m1/s1. The van der Waals surface area contributed by atoms with E-state index < -0.39 is 12.1 Å². The molecule has 8 nitrogen and oxygen atoms in total. The summed E-state index contributed by atoms with van der Waals surface area (Å²) in [6.07, 6.45) is 0.556. The molecule has 174 valence electrons. The summed E-state index contributed by atoms with van der Waals surface area (Å²) in [4.78, 5) is 41.6. The first-order valence-electron chi connectivity index (χ1n) is 11.4. The zero-order valence-electron chi connectivity index (χ0n) is 19.0. The van der Waals surface area contributed by atoms with Crippen molar-refractivity contribution in [3.8, 4) is 0 Å². The van der Waals surface area contributed by atoms with Gasteiger partial charge >= 0.3 is 12.1 Å². The summed E-state index contributed by atoms with van der Waals surface area (Å²) in [5.41, 5.74) is 2.55. The van der Waals surface area contributed by atoms with E-state index in [-0.39, 0.29) is 24.6 Å². The fourth-order valence-corrected chi connectivity index (χ4v) is 4.54. The summed E-state index contributed by atoms with van der Waals surface area (Å²) in [6, 6.07) is 14.6. The van der Waals surface area contributed by atoms with Gasteiger partial charge in [-0.25, -0.2) is 9.59 Å². The Bertz CT molecular complexity index is 1030. The van der Waals surface area contributed by atoms with Crippen LogP contribution in [0.1, 0.15) is 59.1 Å². The zero-order chi connectivity index (χ0) is 23.4. The van der Waals surface area contributed by atoms with Crippen molar-refractivity contribution in [2.45, 2.75) is 38.9 Å². The highest BCUT2D eigenvalue weighted by molar-refractivity contribution is 6.00. The minimum atomic E-state index is -0.427. The first-order valence-corrected chi connectivity index (χ1v) is 11.4. The van der Waals surface area contributed by atoms with E-state index in [1.807, 2.05) is 41.3 Å². The van der Waals surface area contributed by atoms with Crippen LogP contribution in [-0.2, 0) is 9.47 Å². The maximum atomic E-state index is 13.4. The van der Waals surface area contributed by atoms with E-state index in [1.54, 1.807) is 30.9 Å². The minimum absolute atomic E-state index is 0.0497. The molecule has 0 aliphatic carbocycles. The van der Waals surface area contributed by atoms with Crippen molar-refractivity contribution in [3.63, 3.8) is 0 Å². The van der Waals surface area contributed by atoms with E-state index in [9.17, 15) is 14.4 Å². The molecule has 1 fully saturated rings. The Balaban J connectivity index is 1.60. The van der Waals surface area contributed by atoms with E-state index in [0.717, 1.165) is 5.56 Å². The van der Waals surface area contributed by atoms with Crippen LogP contribution in [0.2, 0.25) is 0 Å². The topological polar surface area (TPSA) is 88.2 Å². The van der Waals surface area contributed by atoms with Gasteiger partial charge < -0.3 is 24.6 Å². The van der Waals surface area contributed by atoms with Gasteiger partial charge in [0.1, 0.15) is 6.17 Å². The predicted molar refractivity (Wildman–Crippen MR) is 123 cm³/mol. The first-order chi connectivity index (χ1) is 16.0. The van der Waals surface area contributed by atoms with E-state index in [2.05, 4.69) is 5.32 Å². The van der Waals surface area contributed by atoms with Crippen LogP contribution in [0.5, 0.6) is 0 Å². The predicted octanol–water partition coefficient (Wildman–Crippen LogP) is 4.05. The van der Waals surface area contributed by atoms with Gasteiger partial charge in [0, 0.05) is 30.3 Å². The van der Waals surface area contributed by atoms with Crippen LogP contribution in [0, 0.1) is 0 Å². The Hall–Kier alpha value is -3.55. The molecule has 0 unspecified atom stereocenters. The second-order valence-corrected chi connectivity index (χ2v) is 8.03. The summed E-state index contributed by atoms with van der Waals surface area (Å²) in [7, 11) is 0. The number of piperidine rings is 1. The van der Waals surface area contributed by atoms with E-state index in [4.69, 9.17) is 9.47 Å². The van der Waals surface area contributed by atoms with Crippen molar-refractivity contribution >= 4 is 23.7 Å². The van der Waals surface area contributed by atoms with Crippen molar-refractivity contribution < 1.29 is 23.9 Å². The van der Waals surface area contributed by atoms with Crippen LogP contribution in [0.25, 0.3) is 0 Å². The lowest BCUT2D eigenvalue weighted by Crippen LogP contribution is -2.49. The van der Waals surface area contributed by atoms with E-state index >= 15 is 0 Å². The number of likely N-dealkylation sites (tertiary alicyclic amines) is 1. The van der Waals surface area contributed by atoms with Crippen LogP contribution >= 0.6 is 0 Å². The zero-order valence-corrected chi connectivity index (χ0v) is 19.0. The molecule has 2 heterocycles. The summed E-state index contributed by atoms with van der Waals surface area (Å²) in [5, 5.41) is 3.44. The highest BCUT2D eigenvalue weighted by Gasteiger charge is 2.42. The molecular weight excluding hydrogens is 422 g/mol. The SMILES string of the molecule is CCOC(=O)c1ccccc1N[C@H]1c2ccccc2C(=O)N1C1CCN(C(=O)OCC)CC1. The lowest BCUT2D eigenvalue weighted by molar-refractivity contribution is 0.0496. The van der Waals surface area contributed by atoms with Crippen LogP contribution in [0.4, 0.5) is 10.5 Å². The lowest BCUT2D eigenvalue weighted by atomic mass is 10.0. The number of carbonyl (C=O) groups excluding carboxylic acids is 3. The molecule has 0 radical (unpaired) electrons. The molecule has 2 amide bonds. The maximum Gasteiger partial charge on any atom is 0.409 e. The van der Waals surface area contributed by atoms with Crippen LogP contribution in [0.3, 0.4) is 0 Å². The van der Waals surface area contributed by atoms with Gasteiger partial charge in [-0.2, -0.15) is 0 Å². The Kier molecular flexibility index (Phi) is 6.82. The third-order valence-corrected chi connectivity index (χ3v) is 6.10. The molecule has 2 aromatic carbocycles. The first kappa shape index (κ1) is 22.6. The molecular formula is C25H29N3O5. The lowest BCUT2D eigenvalue weighted by Gasteiger charge is -2.39. The van der Waals surface area contributed by atoms with Crippen molar-refractivity contribution in [2.24, 2.45) is 0 Å². The molecule has 0 aromatic heterocycles. The molecule has 2 aliphatic rings. The quantitative estimate of drug-likeness (QED) is 0.667. The number of benzene rings is 2. The van der Waals surface area contributed by atoms with Crippen molar-refractivity contribution in [3.05, 3.63) is 65.2 Å². The molecule has 0 saturated carbocycles. The van der Waals surface area contributed by atoms with Crippen LogP contribution < -0.4 is 5.32 Å². The van der Waals surface area contributed by atoms with Crippen LogP contribution in [-0.4, -0.2) is 60.1 Å². The van der Waals surface area contributed by atoms with Crippen LogP contribution in [0.15, 0.2) is 48.5 Å². The highest BCUT2D eigenvalue weighted by atomic mass is 16.6. The highest BCUT2D eigenvalue weighted by Crippen LogP contribution is 2.38. The molecule has 33 heavy (non-hydrogen) atoms. The van der Waals surface area contributed by atoms with E-state index in [1.165, 1.54) is 0 Å². The van der Waals surface area contributed by atoms with Gasteiger partial charge in [0.05, 0.1) is 24.5 Å². The Morgan fingerprint density at radius 3 is 2.36 bits per heavy atom. The average molecular weight is 452 g/mol. The number of carbonyl (C=O) groups is 3. The van der Waals surface area contributed by atoms with Gasteiger partial charge in [-0.1, -0.05) is 30.3 Å². The van der Waals surface area contributed by atoms with E-state index in [0.29, 0.717) is 49.4 Å². The minimum Gasteiger partial charge on any atom is -0.462 e. The summed E-state index contributed by atoms with van der Waals surface area (Å²) in [6.45, 7) is 5.22. The Morgan fingerprint density at radius 2 is 1.64 bits per heavy atom. The molecule has 0 bridgehead atoms. The second kappa shape index (κ2) is 9.94. The van der Waals surface area contributed by atoms with Gasteiger partial charge in [-0.3, -0.25) is 4.79 Å².